The minimum Gasteiger partial charge on any atom is -0.481 e. The SMILES string of the molecule is COc1cc(OC)nc(OC(C(=O)N[C@@H](CC(C)C)C(=O)OC(C)(C)C)C(C)C)n1. The zero-order chi connectivity index (χ0) is 23.1. The number of nitrogens with zero attached hydrogens (tertiary/aromatic N) is 2. The van der Waals surface area contributed by atoms with Crippen LogP contribution in [0.25, 0.3) is 0 Å². The van der Waals surface area contributed by atoms with Crippen molar-refractivity contribution in [2.45, 2.75) is 72.6 Å². The van der Waals surface area contributed by atoms with Crippen molar-refractivity contribution in [1.29, 1.82) is 0 Å². The molecule has 1 amide bonds. The average molecular weight is 426 g/mol. The molecule has 1 aromatic rings. The molecule has 0 fully saturated rings. The summed E-state index contributed by atoms with van der Waals surface area (Å²) in [5.74, 6) is -0.494. The maximum Gasteiger partial charge on any atom is 0.329 e. The van der Waals surface area contributed by atoms with Crippen LogP contribution in [0.1, 0.15) is 54.9 Å². The molecule has 2 atom stereocenters. The number of carbonyl (C=O) groups excluding carboxylic acids is 2. The summed E-state index contributed by atoms with van der Waals surface area (Å²) in [6.07, 6.45) is -0.492. The van der Waals surface area contributed by atoms with Gasteiger partial charge in [-0.2, -0.15) is 9.97 Å². The van der Waals surface area contributed by atoms with E-state index in [1.54, 1.807) is 20.8 Å². The quantitative estimate of drug-likeness (QED) is 0.570. The molecule has 1 unspecified atom stereocenters. The molecule has 0 aromatic carbocycles. The first kappa shape index (κ1) is 25.5. The van der Waals surface area contributed by atoms with Crippen molar-refractivity contribution in [3.63, 3.8) is 0 Å². The molecule has 30 heavy (non-hydrogen) atoms. The highest BCUT2D eigenvalue weighted by Gasteiger charge is 2.32. The Labute approximate surface area is 178 Å². The number of aromatic nitrogens is 2. The fourth-order valence-corrected chi connectivity index (χ4v) is 2.56. The zero-order valence-electron chi connectivity index (χ0n) is 19.4. The Hall–Kier alpha value is -2.58. The summed E-state index contributed by atoms with van der Waals surface area (Å²) in [5.41, 5.74) is -0.657. The molecule has 0 saturated heterocycles. The van der Waals surface area contributed by atoms with E-state index in [-0.39, 0.29) is 29.6 Å². The Morgan fingerprint density at radius 2 is 1.57 bits per heavy atom. The van der Waals surface area contributed by atoms with Gasteiger partial charge in [0.2, 0.25) is 11.8 Å². The first-order valence-electron chi connectivity index (χ1n) is 10.0. The normalized spacial score (nSPS) is 13.6. The third-order valence-electron chi connectivity index (χ3n) is 3.89. The molecule has 9 heteroatoms. The van der Waals surface area contributed by atoms with E-state index < -0.39 is 29.6 Å². The van der Waals surface area contributed by atoms with E-state index in [2.05, 4.69) is 15.3 Å². The van der Waals surface area contributed by atoms with Crippen molar-refractivity contribution < 1.29 is 28.5 Å². The molecule has 1 N–H and O–H groups in total. The standard InChI is InChI=1S/C21H35N3O6/c1-12(2)10-14(19(26)30-21(5,6)7)22-18(25)17(13(3)4)29-20-23-15(27-8)11-16(24-20)28-9/h11-14,17H,10H2,1-9H3,(H,22,25)/t14-,17?/m0/s1. The second kappa shape index (κ2) is 11.0. The lowest BCUT2D eigenvalue weighted by atomic mass is 10.0. The van der Waals surface area contributed by atoms with Crippen LogP contribution in [0.4, 0.5) is 0 Å². The molecule has 0 bridgehead atoms. The molecule has 0 radical (unpaired) electrons. The summed E-state index contributed by atoms with van der Waals surface area (Å²) in [6, 6.07) is 0.651. The second-order valence-corrected chi connectivity index (χ2v) is 8.74. The molecule has 0 spiro atoms. The van der Waals surface area contributed by atoms with Gasteiger partial charge in [-0.15, -0.1) is 0 Å². The average Bonchev–Trinajstić information content (AvgIpc) is 2.63. The lowest BCUT2D eigenvalue weighted by Gasteiger charge is -2.27. The third kappa shape index (κ3) is 8.42. The predicted octanol–water partition coefficient (Wildman–Crippen LogP) is 2.77. The van der Waals surface area contributed by atoms with E-state index in [1.165, 1.54) is 20.3 Å². The number of nitrogens with one attached hydrogen (secondary N) is 1. The molecule has 9 nitrogen and oxygen atoms in total. The summed E-state index contributed by atoms with van der Waals surface area (Å²) in [7, 11) is 2.91. The fraction of sp³-hybridized carbons (Fsp3) is 0.714. The zero-order valence-corrected chi connectivity index (χ0v) is 19.4. The monoisotopic (exact) mass is 425 g/mol. The van der Waals surface area contributed by atoms with Crippen molar-refractivity contribution in [3.05, 3.63) is 6.07 Å². The van der Waals surface area contributed by atoms with Crippen LogP contribution in [-0.2, 0) is 14.3 Å². The van der Waals surface area contributed by atoms with Gasteiger partial charge in [0.15, 0.2) is 6.10 Å². The van der Waals surface area contributed by atoms with Gasteiger partial charge in [0.05, 0.1) is 20.3 Å². The minimum absolute atomic E-state index is 0.0577. The predicted molar refractivity (Wildman–Crippen MR) is 112 cm³/mol. The number of hydrogen-bond donors (Lipinski definition) is 1. The van der Waals surface area contributed by atoms with Gasteiger partial charge in [0, 0.05) is 0 Å². The van der Waals surface area contributed by atoms with Crippen LogP contribution in [0, 0.1) is 11.8 Å². The smallest absolute Gasteiger partial charge is 0.329 e. The van der Waals surface area contributed by atoms with Crippen LogP contribution < -0.4 is 19.5 Å². The molecule has 1 rings (SSSR count). The summed E-state index contributed by atoms with van der Waals surface area (Å²) >= 11 is 0. The molecule has 170 valence electrons. The van der Waals surface area contributed by atoms with Crippen LogP contribution >= 0.6 is 0 Å². The number of esters is 1. The Morgan fingerprint density at radius 3 is 1.97 bits per heavy atom. The number of carbonyl (C=O) groups is 2. The first-order valence-corrected chi connectivity index (χ1v) is 10.0. The summed E-state index contributed by atoms with van der Waals surface area (Å²) in [4.78, 5) is 33.8. The van der Waals surface area contributed by atoms with Crippen LogP contribution in [-0.4, -0.2) is 53.8 Å². The highest BCUT2D eigenvalue weighted by Crippen LogP contribution is 2.21. The van der Waals surface area contributed by atoms with Gasteiger partial charge < -0.3 is 24.3 Å². The molecular formula is C21H35N3O6. The van der Waals surface area contributed by atoms with Crippen LogP contribution in [0.3, 0.4) is 0 Å². The van der Waals surface area contributed by atoms with Gasteiger partial charge in [-0.25, -0.2) is 4.79 Å². The van der Waals surface area contributed by atoms with E-state index in [0.717, 1.165) is 0 Å². The van der Waals surface area contributed by atoms with Gasteiger partial charge in [-0.3, -0.25) is 4.79 Å². The first-order chi connectivity index (χ1) is 13.9. The van der Waals surface area contributed by atoms with E-state index in [4.69, 9.17) is 18.9 Å². The van der Waals surface area contributed by atoms with Crippen molar-refractivity contribution in [2.24, 2.45) is 11.8 Å². The number of amides is 1. The molecule has 1 aromatic heterocycles. The fourth-order valence-electron chi connectivity index (χ4n) is 2.56. The van der Waals surface area contributed by atoms with Crippen LogP contribution in [0.2, 0.25) is 0 Å². The number of methoxy groups -OCH3 is 2. The number of ether oxygens (including phenoxy) is 4. The maximum atomic E-state index is 13.0. The van der Waals surface area contributed by atoms with Crippen LogP contribution in [0.5, 0.6) is 17.8 Å². The molecule has 0 aliphatic heterocycles. The minimum atomic E-state index is -0.932. The highest BCUT2D eigenvalue weighted by atomic mass is 16.6. The van der Waals surface area contributed by atoms with E-state index in [9.17, 15) is 9.59 Å². The summed E-state index contributed by atoms with van der Waals surface area (Å²) in [6.45, 7) is 12.9. The topological polar surface area (TPSA) is 109 Å². The Kier molecular flexibility index (Phi) is 9.32. The maximum absolute atomic E-state index is 13.0. The number of rotatable bonds is 10. The molecule has 0 saturated carbocycles. The van der Waals surface area contributed by atoms with E-state index in [1.807, 2.05) is 27.7 Å². The summed E-state index contributed by atoms with van der Waals surface area (Å²) < 4.78 is 21.5. The van der Waals surface area contributed by atoms with Crippen molar-refractivity contribution in [2.75, 3.05) is 14.2 Å². The Balaban J connectivity index is 3.04. The summed E-state index contributed by atoms with van der Waals surface area (Å²) in [5, 5.41) is 2.77. The van der Waals surface area contributed by atoms with Gasteiger partial charge in [-0.1, -0.05) is 27.7 Å². The van der Waals surface area contributed by atoms with Crippen molar-refractivity contribution in [1.82, 2.24) is 15.3 Å². The van der Waals surface area contributed by atoms with Gasteiger partial charge >= 0.3 is 12.0 Å². The third-order valence-corrected chi connectivity index (χ3v) is 3.89. The Bertz CT molecular complexity index is 693. The number of hydrogen-bond acceptors (Lipinski definition) is 8. The van der Waals surface area contributed by atoms with Crippen LogP contribution in [0.15, 0.2) is 6.07 Å². The van der Waals surface area contributed by atoms with Crippen molar-refractivity contribution in [3.8, 4) is 17.8 Å². The highest BCUT2D eigenvalue weighted by molar-refractivity contribution is 5.87. The van der Waals surface area contributed by atoms with Crippen molar-refractivity contribution >= 4 is 11.9 Å². The van der Waals surface area contributed by atoms with Gasteiger partial charge in [0.1, 0.15) is 11.6 Å². The van der Waals surface area contributed by atoms with E-state index in [0.29, 0.717) is 6.42 Å². The molecular weight excluding hydrogens is 390 g/mol. The van der Waals surface area contributed by atoms with E-state index >= 15 is 0 Å². The Morgan fingerprint density at radius 1 is 1.03 bits per heavy atom. The lowest BCUT2D eigenvalue weighted by molar-refractivity contribution is -0.159. The molecule has 1 heterocycles. The van der Waals surface area contributed by atoms with Gasteiger partial charge in [0.25, 0.3) is 5.91 Å². The largest absolute Gasteiger partial charge is 0.481 e. The second-order valence-electron chi connectivity index (χ2n) is 8.74. The molecule has 0 aliphatic carbocycles. The molecule has 0 aliphatic rings. The lowest BCUT2D eigenvalue weighted by Crippen LogP contribution is -2.51. The van der Waals surface area contributed by atoms with Gasteiger partial charge in [-0.05, 0) is 39.0 Å².